The lowest BCUT2D eigenvalue weighted by Gasteiger charge is -2.13. The van der Waals surface area contributed by atoms with Crippen LogP contribution in [0, 0.1) is 0 Å². The van der Waals surface area contributed by atoms with Crippen LogP contribution in [-0.2, 0) is 0 Å². The predicted molar refractivity (Wildman–Crippen MR) is 55.5 cm³/mol. The Balaban J connectivity index is 0.000000980. The minimum atomic E-state index is 0. The molecule has 0 spiro atoms. The van der Waals surface area contributed by atoms with E-state index in [1.165, 1.54) is 36.5 Å². The molecule has 1 aliphatic heterocycles. The number of hydrogen-bond acceptors (Lipinski definition) is 1. The summed E-state index contributed by atoms with van der Waals surface area (Å²) >= 11 is 5.83. The smallest absolute Gasteiger partial charge is 0.154 e. The number of benzene rings is 1. The SMILES string of the molecule is Nc1cc(Cl)ccc1[NH+]1CCCC1.[Cl-]. The second kappa shape index (κ2) is 4.87. The first-order valence-corrected chi connectivity index (χ1v) is 5.05. The largest absolute Gasteiger partial charge is 1.00 e. The Labute approximate surface area is 95.4 Å². The molecule has 1 fully saturated rings. The van der Waals surface area contributed by atoms with Crippen LogP contribution in [0.2, 0.25) is 5.02 Å². The van der Waals surface area contributed by atoms with Crippen molar-refractivity contribution in [2.75, 3.05) is 18.8 Å². The van der Waals surface area contributed by atoms with Crippen LogP contribution in [0.4, 0.5) is 11.4 Å². The summed E-state index contributed by atoms with van der Waals surface area (Å²) < 4.78 is 0. The van der Waals surface area contributed by atoms with Crippen LogP contribution in [0.1, 0.15) is 12.8 Å². The van der Waals surface area contributed by atoms with Gasteiger partial charge in [-0.25, -0.2) is 0 Å². The monoisotopic (exact) mass is 232 g/mol. The Morgan fingerprint density at radius 3 is 2.43 bits per heavy atom. The molecule has 0 radical (unpaired) electrons. The number of halogens is 2. The van der Waals surface area contributed by atoms with Gasteiger partial charge in [0, 0.05) is 23.9 Å². The van der Waals surface area contributed by atoms with E-state index in [0.29, 0.717) is 0 Å². The van der Waals surface area contributed by atoms with Gasteiger partial charge in [0.2, 0.25) is 0 Å². The average molecular weight is 233 g/mol. The number of nitrogens with one attached hydrogen (secondary N) is 1. The Morgan fingerprint density at radius 2 is 1.86 bits per heavy atom. The molecule has 3 N–H and O–H groups in total. The van der Waals surface area contributed by atoms with E-state index in [1.54, 1.807) is 0 Å². The molecule has 0 aliphatic carbocycles. The van der Waals surface area contributed by atoms with Crippen molar-refractivity contribution in [3.63, 3.8) is 0 Å². The third kappa shape index (κ3) is 2.32. The molecule has 4 heteroatoms. The molecule has 0 aromatic heterocycles. The van der Waals surface area contributed by atoms with Gasteiger partial charge in [-0.05, 0) is 12.1 Å². The number of nitrogen functional groups attached to an aromatic ring is 1. The predicted octanol–water partition coefficient (Wildman–Crippen LogP) is -1.76. The highest BCUT2D eigenvalue weighted by Crippen LogP contribution is 2.20. The molecule has 0 bridgehead atoms. The van der Waals surface area contributed by atoms with E-state index in [4.69, 9.17) is 17.3 Å². The Hall–Kier alpha value is -0.440. The lowest BCUT2D eigenvalue weighted by molar-refractivity contribution is -0.817. The normalized spacial score (nSPS) is 16.6. The lowest BCUT2D eigenvalue weighted by atomic mass is 10.2. The topological polar surface area (TPSA) is 30.5 Å². The van der Waals surface area contributed by atoms with E-state index in [1.807, 2.05) is 18.2 Å². The standard InChI is InChI=1S/C10H13ClN2.ClH/c11-8-3-4-10(9(12)7-8)13-5-1-2-6-13;/h3-4,7H,1-2,5-6,12H2;1H. The maximum Gasteiger partial charge on any atom is 0.154 e. The minimum Gasteiger partial charge on any atom is -1.00 e. The Bertz CT molecular complexity index is 309. The molecule has 0 atom stereocenters. The van der Waals surface area contributed by atoms with Crippen LogP contribution in [0.25, 0.3) is 0 Å². The second-order valence-corrected chi connectivity index (χ2v) is 3.98. The van der Waals surface area contributed by atoms with E-state index in [-0.39, 0.29) is 12.4 Å². The zero-order valence-electron chi connectivity index (χ0n) is 7.89. The van der Waals surface area contributed by atoms with E-state index in [2.05, 4.69) is 0 Å². The van der Waals surface area contributed by atoms with Crippen LogP contribution < -0.4 is 23.0 Å². The summed E-state index contributed by atoms with van der Waals surface area (Å²) in [5.74, 6) is 0. The molecular formula is C10H14Cl2N2. The second-order valence-electron chi connectivity index (χ2n) is 3.54. The number of nitrogens with two attached hydrogens (primary N) is 1. The summed E-state index contributed by atoms with van der Waals surface area (Å²) in [4.78, 5) is 1.49. The van der Waals surface area contributed by atoms with E-state index in [0.717, 1.165) is 10.7 Å². The van der Waals surface area contributed by atoms with Gasteiger partial charge in [-0.3, -0.25) is 0 Å². The average Bonchev–Trinajstić information content (AvgIpc) is 2.56. The zero-order valence-corrected chi connectivity index (χ0v) is 9.41. The summed E-state index contributed by atoms with van der Waals surface area (Å²) in [5, 5.41) is 0.722. The highest BCUT2D eigenvalue weighted by atomic mass is 35.5. The third-order valence-electron chi connectivity index (χ3n) is 2.60. The zero-order chi connectivity index (χ0) is 9.26. The molecular weight excluding hydrogens is 219 g/mol. The summed E-state index contributed by atoms with van der Waals surface area (Å²) in [5.41, 5.74) is 7.93. The fourth-order valence-corrected chi connectivity index (χ4v) is 2.11. The Kier molecular flexibility index (Phi) is 4.05. The summed E-state index contributed by atoms with van der Waals surface area (Å²) in [6, 6.07) is 5.79. The molecule has 1 heterocycles. The fraction of sp³-hybridized carbons (Fsp3) is 0.400. The maximum absolute atomic E-state index is 5.90. The molecule has 0 saturated carbocycles. The third-order valence-corrected chi connectivity index (χ3v) is 2.84. The molecule has 0 amide bonds. The fourth-order valence-electron chi connectivity index (χ4n) is 1.93. The first-order chi connectivity index (χ1) is 6.27. The Morgan fingerprint density at radius 1 is 1.21 bits per heavy atom. The van der Waals surface area contributed by atoms with Gasteiger partial charge in [0.15, 0.2) is 5.69 Å². The molecule has 1 saturated heterocycles. The van der Waals surface area contributed by atoms with Crippen molar-refractivity contribution >= 4 is 23.0 Å². The molecule has 1 aromatic carbocycles. The number of rotatable bonds is 1. The molecule has 2 rings (SSSR count). The first kappa shape index (κ1) is 11.6. The molecule has 78 valence electrons. The number of hydrogen-bond donors (Lipinski definition) is 2. The van der Waals surface area contributed by atoms with Crippen molar-refractivity contribution in [1.82, 2.24) is 0 Å². The number of quaternary nitrogens is 1. The van der Waals surface area contributed by atoms with Crippen molar-refractivity contribution in [2.24, 2.45) is 0 Å². The molecule has 2 nitrogen and oxygen atoms in total. The minimum absolute atomic E-state index is 0. The van der Waals surface area contributed by atoms with E-state index < -0.39 is 0 Å². The van der Waals surface area contributed by atoms with Crippen LogP contribution >= 0.6 is 11.6 Å². The molecule has 14 heavy (non-hydrogen) atoms. The summed E-state index contributed by atoms with van der Waals surface area (Å²) in [6.07, 6.45) is 2.61. The molecule has 1 aliphatic rings. The number of anilines is 1. The summed E-state index contributed by atoms with van der Waals surface area (Å²) in [6.45, 7) is 2.40. The van der Waals surface area contributed by atoms with Crippen molar-refractivity contribution in [3.8, 4) is 0 Å². The highest BCUT2D eigenvalue weighted by molar-refractivity contribution is 6.30. The quantitative estimate of drug-likeness (QED) is 0.553. The van der Waals surface area contributed by atoms with Gasteiger partial charge in [0.1, 0.15) is 0 Å². The van der Waals surface area contributed by atoms with Crippen LogP contribution in [0.3, 0.4) is 0 Å². The van der Waals surface area contributed by atoms with Gasteiger partial charge in [0.05, 0.1) is 18.8 Å². The lowest BCUT2D eigenvalue weighted by Crippen LogP contribution is -3.05. The van der Waals surface area contributed by atoms with E-state index in [9.17, 15) is 0 Å². The molecule has 1 aromatic rings. The summed E-state index contributed by atoms with van der Waals surface area (Å²) in [7, 11) is 0. The van der Waals surface area contributed by atoms with Crippen molar-refractivity contribution < 1.29 is 17.3 Å². The van der Waals surface area contributed by atoms with Crippen LogP contribution in [0.5, 0.6) is 0 Å². The van der Waals surface area contributed by atoms with Crippen LogP contribution in [-0.4, -0.2) is 13.1 Å². The van der Waals surface area contributed by atoms with Crippen molar-refractivity contribution in [2.45, 2.75) is 12.8 Å². The maximum atomic E-state index is 5.90. The van der Waals surface area contributed by atoms with Gasteiger partial charge in [-0.2, -0.15) is 0 Å². The van der Waals surface area contributed by atoms with Crippen LogP contribution in [0.15, 0.2) is 18.2 Å². The van der Waals surface area contributed by atoms with Gasteiger partial charge in [-0.1, -0.05) is 11.6 Å². The molecule has 0 unspecified atom stereocenters. The van der Waals surface area contributed by atoms with Gasteiger partial charge in [-0.15, -0.1) is 0 Å². The highest BCUT2D eigenvalue weighted by Gasteiger charge is 2.19. The van der Waals surface area contributed by atoms with Gasteiger partial charge < -0.3 is 23.0 Å². The van der Waals surface area contributed by atoms with E-state index >= 15 is 0 Å². The van der Waals surface area contributed by atoms with Gasteiger partial charge >= 0.3 is 0 Å². The first-order valence-electron chi connectivity index (χ1n) is 4.67. The van der Waals surface area contributed by atoms with Crippen molar-refractivity contribution in [1.29, 1.82) is 0 Å². The van der Waals surface area contributed by atoms with Crippen molar-refractivity contribution in [3.05, 3.63) is 23.2 Å². The van der Waals surface area contributed by atoms with Gasteiger partial charge in [0.25, 0.3) is 0 Å².